The molecule has 6 nitrogen and oxygen atoms in total. The number of benzene rings is 1. The van der Waals surface area contributed by atoms with E-state index in [1.54, 1.807) is 25.0 Å². The number of methoxy groups -OCH3 is 1. The van der Waals surface area contributed by atoms with Crippen LogP contribution in [0, 0.1) is 0 Å². The van der Waals surface area contributed by atoms with Gasteiger partial charge in [-0.2, -0.15) is 5.10 Å². The van der Waals surface area contributed by atoms with Gasteiger partial charge < -0.3 is 15.4 Å². The second kappa shape index (κ2) is 9.24. The van der Waals surface area contributed by atoms with Gasteiger partial charge in [-0.1, -0.05) is 25.0 Å². The van der Waals surface area contributed by atoms with Crippen molar-refractivity contribution in [2.75, 3.05) is 20.7 Å². The van der Waals surface area contributed by atoms with Crippen LogP contribution in [0.4, 0.5) is 0 Å². The van der Waals surface area contributed by atoms with Crippen molar-refractivity contribution < 1.29 is 9.53 Å². The molecule has 0 saturated heterocycles. The average molecular weight is 393 g/mol. The van der Waals surface area contributed by atoms with Crippen LogP contribution in [0.3, 0.4) is 0 Å². The third kappa shape index (κ3) is 4.62. The smallest absolute Gasteiger partial charge is 0.241 e. The summed E-state index contributed by atoms with van der Waals surface area (Å²) in [6, 6.07) is 7.85. The molecule has 1 saturated carbocycles. The fraction of sp³-hybridized carbons (Fsp3) is 0.500. The molecule has 0 bridgehead atoms. The van der Waals surface area contributed by atoms with Crippen molar-refractivity contribution in [3.63, 3.8) is 0 Å². The van der Waals surface area contributed by atoms with Gasteiger partial charge in [-0.25, -0.2) is 0 Å². The molecule has 0 aliphatic heterocycles. The number of nitrogens with one attached hydrogen (secondary N) is 2. The molecule has 1 unspecified atom stereocenters. The summed E-state index contributed by atoms with van der Waals surface area (Å²) in [7, 11) is 5.34. The minimum absolute atomic E-state index is 0. The summed E-state index contributed by atoms with van der Waals surface area (Å²) in [5.74, 6) is 0.846. The van der Waals surface area contributed by atoms with Gasteiger partial charge in [0.05, 0.1) is 13.3 Å². The van der Waals surface area contributed by atoms with Gasteiger partial charge in [-0.05, 0) is 37.6 Å². The predicted molar refractivity (Wildman–Crippen MR) is 108 cm³/mol. The maximum absolute atomic E-state index is 12.8. The van der Waals surface area contributed by atoms with E-state index in [4.69, 9.17) is 4.74 Å². The first-order chi connectivity index (χ1) is 12.6. The molecule has 1 aromatic heterocycles. The standard InChI is InChI=1S/C20H28N4O2.ClH/c1-21-18(15-12-23-24(2)13-15)19(25)22-14-20(9-4-5-10-20)16-7-6-8-17(11-16)26-3;/h6-8,11-13,18,21H,4-5,9-10,14H2,1-3H3,(H,22,25);1H. The van der Waals surface area contributed by atoms with Gasteiger partial charge in [-0.15, -0.1) is 12.4 Å². The molecule has 1 aliphatic rings. The maximum Gasteiger partial charge on any atom is 0.241 e. The summed E-state index contributed by atoms with van der Waals surface area (Å²) in [6.45, 7) is 0.636. The van der Waals surface area contributed by atoms with Gasteiger partial charge >= 0.3 is 0 Å². The summed E-state index contributed by atoms with van der Waals surface area (Å²) >= 11 is 0. The van der Waals surface area contributed by atoms with E-state index in [0.29, 0.717) is 6.54 Å². The Labute approximate surface area is 167 Å². The molecular weight excluding hydrogens is 364 g/mol. The lowest BCUT2D eigenvalue weighted by atomic mass is 9.78. The van der Waals surface area contributed by atoms with Gasteiger partial charge in [0.2, 0.25) is 5.91 Å². The first-order valence-corrected chi connectivity index (χ1v) is 9.16. The highest BCUT2D eigenvalue weighted by atomic mass is 35.5. The number of nitrogens with zero attached hydrogens (tertiary/aromatic N) is 2. The highest BCUT2D eigenvalue weighted by molar-refractivity contribution is 5.85. The number of carbonyl (C=O) groups is 1. The van der Waals surface area contributed by atoms with E-state index in [0.717, 1.165) is 24.2 Å². The monoisotopic (exact) mass is 392 g/mol. The van der Waals surface area contributed by atoms with Crippen LogP contribution in [0.2, 0.25) is 0 Å². The van der Waals surface area contributed by atoms with Crippen LogP contribution in [0.1, 0.15) is 42.9 Å². The third-order valence-electron chi connectivity index (χ3n) is 5.45. The largest absolute Gasteiger partial charge is 0.497 e. The highest BCUT2D eigenvalue weighted by Crippen LogP contribution is 2.41. The van der Waals surface area contributed by atoms with Crippen molar-refractivity contribution in [1.82, 2.24) is 20.4 Å². The number of aryl methyl sites for hydroxylation is 1. The molecule has 1 amide bonds. The first kappa shape index (κ1) is 21.3. The van der Waals surface area contributed by atoms with Gasteiger partial charge in [0, 0.05) is 30.8 Å². The summed E-state index contributed by atoms with van der Waals surface area (Å²) in [5, 5.41) is 10.4. The number of halogens is 1. The van der Waals surface area contributed by atoms with Crippen LogP contribution in [0.15, 0.2) is 36.7 Å². The molecule has 1 atom stereocenters. The summed E-state index contributed by atoms with van der Waals surface area (Å²) in [5.41, 5.74) is 2.10. The molecule has 0 radical (unpaired) electrons. The molecule has 1 heterocycles. The van der Waals surface area contributed by atoms with Gasteiger partial charge in [-0.3, -0.25) is 9.48 Å². The Hall–Kier alpha value is -2.05. The van der Waals surface area contributed by atoms with Crippen molar-refractivity contribution in [2.24, 2.45) is 7.05 Å². The second-order valence-electron chi connectivity index (χ2n) is 7.11. The van der Waals surface area contributed by atoms with Crippen molar-refractivity contribution in [1.29, 1.82) is 0 Å². The SMILES string of the molecule is CNC(C(=O)NCC1(c2cccc(OC)c2)CCCC1)c1cnn(C)c1.Cl. The lowest BCUT2D eigenvalue weighted by Gasteiger charge is -2.31. The van der Waals surface area contributed by atoms with Crippen LogP contribution in [0.5, 0.6) is 5.75 Å². The second-order valence-corrected chi connectivity index (χ2v) is 7.11. The Kier molecular flexibility index (Phi) is 7.27. The third-order valence-corrected chi connectivity index (χ3v) is 5.45. The summed E-state index contributed by atoms with van der Waals surface area (Å²) < 4.78 is 7.10. The Morgan fingerprint density at radius 1 is 1.37 bits per heavy atom. The molecule has 7 heteroatoms. The molecular formula is C20H29ClN4O2. The molecule has 3 rings (SSSR count). The molecule has 1 aliphatic carbocycles. The van der Waals surface area contributed by atoms with Crippen LogP contribution in [-0.2, 0) is 17.3 Å². The Morgan fingerprint density at radius 2 is 2.11 bits per heavy atom. The number of carbonyl (C=O) groups excluding carboxylic acids is 1. The molecule has 2 aromatic rings. The van der Waals surface area contributed by atoms with Crippen molar-refractivity contribution >= 4 is 18.3 Å². The lowest BCUT2D eigenvalue weighted by Crippen LogP contribution is -2.43. The molecule has 148 valence electrons. The Bertz CT molecular complexity index is 756. The minimum atomic E-state index is -0.396. The van der Waals surface area contributed by atoms with E-state index < -0.39 is 6.04 Å². The number of ether oxygens (including phenoxy) is 1. The van der Waals surface area contributed by atoms with E-state index in [9.17, 15) is 4.79 Å². The number of hydrogen-bond acceptors (Lipinski definition) is 4. The van der Waals surface area contributed by atoms with Crippen molar-refractivity contribution in [2.45, 2.75) is 37.1 Å². The predicted octanol–water partition coefficient (Wildman–Crippen LogP) is 2.74. The minimum Gasteiger partial charge on any atom is -0.497 e. The number of rotatable bonds is 7. The van der Waals surface area contributed by atoms with Crippen LogP contribution in [0.25, 0.3) is 0 Å². The molecule has 0 spiro atoms. The quantitative estimate of drug-likeness (QED) is 0.760. The summed E-state index contributed by atoms with van der Waals surface area (Å²) in [4.78, 5) is 12.8. The summed E-state index contributed by atoms with van der Waals surface area (Å²) in [6.07, 6.45) is 8.13. The zero-order valence-corrected chi connectivity index (χ0v) is 17.0. The Balaban J connectivity index is 0.00000261. The van der Waals surface area contributed by atoms with E-state index in [-0.39, 0.29) is 23.7 Å². The fourth-order valence-electron chi connectivity index (χ4n) is 3.97. The zero-order chi connectivity index (χ0) is 18.6. The first-order valence-electron chi connectivity index (χ1n) is 9.16. The van der Waals surface area contributed by atoms with Crippen LogP contribution in [-0.4, -0.2) is 36.4 Å². The van der Waals surface area contributed by atoms with E-state index in [2.05, 4.69) is 27.9 Å². The normalized spacial score (nSPS) is 16.4. The van der Waals surface area contributed by atoms with Gasteiger partial charge in [0.1, 0.15) is 11.8 Å². The van der Waals surface area contributed by atoms with Crippen molar-refractivity contribution in [3.8, 4) is 5.75 Å². The topological polar surface area (TPSA) is 68.2 Å². The van der Waals surface area contributed by atoms with E-state index in [1.165, 1.54) is 18.4 Å². The molecule has 1 aromatic carbocycles. The number of aromatic nitrogens is 2. The molecule has 1 fully saturated rings. The fourth-order valence-corrected chi connectivity index (χ4v) is 3.97. The van der Waals surface area contributed by atoms with E-state index in [1.807, 2.05) is 25.4 Å². The molecule has 2 N–H and O–H groups in total. The number of likely N-dealkylation sites (N-methyl/N-ethyl adjacent to an activating group) is 1. The zero-order valence-electron chi connectivity index (χ0n) is 16.2. The number of amides is 1. The maximum atomic E-state index is 12.8. The molecule has 27 heavy (non-hydrogen) atoms. The lowest BCUT2D eigenvalue weighted by molar-refractivity contribution is -0.123. The Morgan fingerprint density at radius 3 is 2.70 bits per heavy atom. The van der Waals surface area contributed by atoms with Crippen LogP contribution < -0.4 is 15.4 Å². The number of hydrogen-bond donors (Lipinski definition) is 2. The van der Waals surface area contributed by atoms with Crippen molar-refractivity contribution in [3.05, 3.63) is 47.8 Å². The van der Waals surface area contributed by atoms with Crippen LogP contribution >= 0.6 is 12.4 Å². The average Bonchev–Trinajstić information content (AvgIpc) is 3.31. The van der Waals surface area contributed by atoms with E-state index >= 15 is 0 Å². The van der Waals surface area contributed by atoms with Gasteiger partial charge in [0.15, 0.2) is 0 Å². The van der Waals surface area contributed by atoms with Gasteiger partial charge in [0.25, 0.3) is 0 Å². The highest BCUT2D eigenvalue weighted by Gasteiger charge is 2.36.